The van der Waals surface area contributed by atoms with Crippen LogP contribution in [0.4, 0.5) is 0 Å². The lowest BCUT2D eigenvalue weighted by Gasteiger charge is -2.26. The van der Waals surface area contributed by atoms with Gasteiger partial charge in [-0.25, -0.2) is 16.8 Å². The Kier molecular flexibility index (Phi) is 2.94. The van der Waals surface area contributed by atoms with E-state index in [2.05, 4.69) is 0 Å². The van der Waals surface area contributed by atoms with Gasteiger partial charge in [0, 0.05) is 12.6 Å². The summed E-state index contributed by atoms with van der Waals surface area (Å²) >= 11 is 5.92. The van der Waals surface area contributed by atoms with Crippen LogP contribution in [0.15, 0.2) is 29.2 Å². The van der Waals surface area contributed by atoms with Crippen LogP contribution in [0.2, 0.25) is 5.02 Å². The minimum Gasteiger partial charge on any atom is -0.228 e. The van der Waals surface area contributed by atoms with Crippen molar-refractivity contribution in [3.05, 3.63) is 29.3 Å². The fourth-order valence-corrected chi connectivity index (χ4v) is 7.13. The van der Waals surface area contributed by atoms with Crippen LogP contribution >= 0.6 is 11.6 Å². The van der Waals surface area contributed by atoms with Crippen molar-refractivity contribution in [1.29, 1.82) is 0 Å². The van der Waals surface area contributed by atoms with Crippen LogP contribution in [0.5, 0.6) is 0 Å². The lowest BCUT2D eigenvalue weighted by molar-refractivity contribution is 0.402. The van der Waals surface area contributed by atoms with Crippen molar-refractivity contribution in [2.45, 2.75) is 22.6 Å². The van der Waals surface area contributed by atoms with E-state index in [1.165, 1.54) is 16.4 Å². The maximum absolute atomic E-state index is 12.5. The van der Waals surface area contributed by atoms with Crippen LogP contribution in [0, 0.1) is 0 Å². The predicted molar refractivity (Wildman–Crippen MR) is 71.3 cm³/mol. The van der Waals surface area contributed by atoms with Gasteiger partial charge in [-0.15, -0.1) is 0 Å². The third-order valence-corrected chi connectivity index (χ3v) is 8.31. The van der Waals surface area contributed by atoms with E-state index in [0.29, 0.717) is 6.42 Å². The average Bonchev–Trinajstić information content (AvgIpc) is 2.85. The first kappa shape index (κ1) is 13.4. The topological polar surface area (TPSA) is 71.5 Å². The summed E-state index contributed by atoms with van der Waals surface area (Å²) in [5, 5.41) is -0.400. The molecule has 104 valence electrons. The number of sulfone groups is 1. The highest BCUT2D eigenvalue weighted by Gasteiger charge is 2.52. The molecule has 2 bridgehead atoms. The van der Waals surface area contributed by atoms with Gasteiger partial charge in [-0.2, -0.15) is 4.31 Å². The monoisotopic (exact) mass is 321 g/mol. The van der Waals surface area contributed by atoms with E-state index in [1.807, 2.05) is 0 Å². The summed E-state index contributed by atoms with van der Waals surface area (Å²) in [6, 6.07) is 5.76. The molecule has 2 atom stereocenters. The Hall–Kier alpha value is -0.630. The smallest absolute Gasteiger partial charge is 0.228 e. The van der Waals surface area contributed by atoms with Gasteiger partial charge in [0.2, 0.25) is 10.0 Å². The molecule has 0 aromatic heterocycles. The summed E-state index contributed by atoms with van der Waals surface area (Å²) in [7, 11) is -6.83. The summed E-state index contributed by atoms with van der Waals surface area (Å²) in [5.41, 5.74) is 0. The van der Waals surface area contributed by atoms with Gasteiger partial charge < -0.3 is 0 Å². The van der Waals surface area contributed by atoms with Crippen molar-refractivity contribution in [1.82, 2.24) is 4.31 Å². The number of sulfonamides is 1. The summed E-state index contributed by atoms with van der Waals surface area (Å²) in [6.45, 7) is 0.0422. The second-order valence-electron chi connectivity index (χ2n) is 4.85. The lowest BCUT2D eigenvalue weighted by Crippen LogP contribution is -2.44. The van der Waals surface area contributed by atoms with Gasteiger partial charge in [-0.1, -0.05) is 23.7 Å². The number of hydrogen-bond acceptors (Lipinski definition) is 4. The second-order valence-corrected chi connectivity index (χ2v) is 9.44. The fraction of sp³-hybridized carbons (Fsp3) is 0.455. The molecule has 0 amide bonds. The number of nitrogens with zero attached hydrogens (tertiary/aromatic N) is 1. The Morgan fingerprint density at radius 2 is 1.95 bits per heavy atom. The summed E-state index contributed by atoms with van der Waals surface area (Å²) in [6.07, 6.45) is 0.395. The minimum absolute atomic E-state index is 0.0422. The molecule has 1 aromatic carbocycles. The molecule has 0 aliphatic carbocycles. The summed E-state index contributed by atoms with van der Waals surface area (Å²) in [5.74, 6) is -0.0820. The third-order valence-electron chi connectivity index (χ3n) is 3.68. The highest BCUT2D eigenvalue weighted by Crippen LogP contribution is 2.37. The Morgan fingerprint density at radius 1 is 1.26 bits per heavy atom. The highest BCUT2D eigenvalue weighted by molar-refractivity contribution is 7.93. The molecule has 2 heterocycles. The van der Waals surface area contributed by atoms with Gasteiger partial charge in [0.1, 0.15) is 4.90 Å². The SMILES string of the molecule is O=S1(=O)CC2CC1CN2S(=O)(=O)c1ccccc1Cl. The molecule has 0 saturated carbocycles. The first-order chi connectivity index (χ1) is 8.82. The molecule has 0 N–H and O–H groups in total. The van der Waals surface area contributed by atoms with Gasteiger partial charge in [0.05, 0.1) is 16.0 Å². The molecular formula is C11H12ClNO4S2. The number of benzene rings is 1. The zero-order valence-electron chi connectivity index (χ0n) is 9.86. The Bertz CT molecular complexity index is 729. The molecule has 2 fully saturated rings. The molecule has 1 aromatic rings. The quantitative estimate of drug-likeness (QED) is 0.811. The first-order valence-electron chi connectivity index (χ1n) is 5.80. The van der Waals surface area contributed by atoms with E-state index in [4.69, 9.17) is 11.6 Å². The van der Waals surface area contributed by atoms with E-state index in [1.54, 1.807) is 12.1 Å². The fourth-order valence-electron chi connectivity index (χ4n) is 2.74. The maximum Gasteiger partial charge on any atom is 0.244 e. The van der Waals surface area contributed by atoms with E-state index in [-0.39, 0.29) is 22.2 Å². The van der Waals surface area contributed by atoms with Gasteiger partial charge >= 0.3 is 0 Å². The molecule has 3 rings (SSSR count). The van der Waals surface area contributed by atoms with E-state index in [9.17, 15) is 16.8 Å². The Morgan fingerprint density at radius 3 is 2.47 bits per heavy atom. The van der Waals surface area contributed by atoms with Crippen LogP contribution in [0.25, 0.3) is 0 Å². The molecule has 2 aliphatic heterocycles. The molecule has 2 saturated heterocycles. The molecular weight excluding hydrogens is 310 g/mol. The summed E-state index contributed by atoms with van der Waals surface area (Å²) < 4.78 is 49.6. The third kappa shape index (κ3) is 1.99. The number of halogens is 1. The lowest BCUT2D eigenvalue weighted by atomic mass is 10.3. The molecule has 0 radical (unpaired) electrons. The van der Waals surface area contributed by atoms with Crippen molar-refractivity contribution in [3.63, 3.8) is 0 Å². The normalized spacial score (nSPS) is 29.7. The van der Waals surface area contributed by atoms with E-state index >= 15 is 0 Å². The average molecular weight is 322 g/mol. The minimum atomic E-state index is -3.71. The van der Waals surface area contributed by atoms with Crippen molar-refractivity contribution >= 4 is 31.5 Å². The molecule has 19 heavy (non-hydrogen) atoms. The van der Waals surface area contributed by atoms with Gasteiger partial charge in [-0.05, 0) is 18.6 Å². The van der Waals surface area contributed by atoms with Crippen molar-refractivity contribution in [3.8, 4) is 0 Å². The molecule has 2 aliphatic rings. The molecule has 5 nitrogen and oxygen atoms in total. The first-order valence-corrected chi connectivity index (χ1v) is 9.33. The predicted octanol–water partition coefficient (Wildman–Crippen LogP) is 0.900. The number of hydrogen-bond donors (Lipinski definition) is 0. The zero-order chi connectivity index (χ0) is 13.8. The van der Waals surface area contributed by atoms with Crippen LogP contribution in [-0.2, 0) is 19.9 Å². The van der Waals surface area contributed by atoms with Crippen molar-refractivity contribution < 1.29 is 16.8 Å². The maximum atomic E-state index is 12.5. The molecule has 8 heteroatoms. The number of rotatable bonds is 2. The van der Waals surface area contributed by atoms with Crippen LogP contribution in [-0.4, -0.2) is 44.7 Å². The van der Waals surface area contributed by atoms with Gasteiger partial charge in [0.25, 0.3) is 0 Å². The highest BCUT2D eigenvalue weighted by atomic mass is 35.5. The van der Waals surface area contributed by atoms with Gasteiger partial charge in [0.15, 0.2) is 9.84 Å². The Labute approximate surface area is 117 Å². The van der Waals surface area contributed by atoms with Crippen LogP contribution in [0.1, 0.15) is 6.42 Å². The second kappa shape index (κ2) is 4.18. The summed E-state index contributed by atoms with van der Waals surface area (Å²) in [4.78, 5) is 0.0432. The molecule has 2 unspecified atom stereocenters. The van der Waals surface area contributed by atoms with Crippen LogP contribution in [0.3, 0.4) is 0 Å². The Balaban J connectivity index is 1.99. The molecule has 0 spiro atoms. The largest absolute Gasteiger partial charge is 0.244 e. The standard InChI is InChI=1S/C11H12ClNO4S2/c12-10-3-1-2-4-11(10)19(16,17)13-6-9-5-8(13)7-18(9,14)15/h1-4,8-9H,5-7H2. The zero-order valence-corrected chi connectivity index (χ0v) is 12.2. The van der Waals surface area contributed by atoms with Crippen molar-refractivity contribution in [2.24, 2.45) is 0 Å². The van der Waals surface area contributed by atoms with E-state index < -0.39 is 31.2 Å². The van der Waals surface area contributed by atoms with Crippen molar-refractivity contribution in [2.75, 3.05) is 12.3 Å². The number of fused-ring (bicyclic) bond motifs is 2. The van der Waals surface area contributed by atoms with Crippen LogP contribution < -0.4 is 0 Å². The van der Waals surface area contributed by atoms with E-state index in [0.717, 1.165) is 0 Å². The van der Waals surface area contributed by atoms with Gasteiger partial charge in [-0.3, -0.25) is 0 Å².